The van der Waals surface area contributed by atoms with Gasteiger partial charge in [-0.15, -0.1) is 24.0 Å². The van der Waals surface area contributed by atoms with Crippen molar-refractivity contribution in [3.05, 3.63) is 0 Å². The molecule has 0 aromatic carbocycles. The van der Waals surface area contributed by atoms with Crippen LogP contribution in [0.2, 0.25) is 0 Å². The van der Waals surface area contributed by atoms with Crippen LogP contribution in [0.5, 0.6) is 0 Å². The number of rotatable bonds is 4. The third-order valence-corrected chi connectivity index (χ3v) is 4.57. The quantitative estimate of drug-likeness (QED) is 0.403. The predicted molar refractivity (Wildman–Crippen MR) is 108 cm³/mol. The lowest BCUT2D eigenvalue weighted by Crippen LogP contribution is -2.54. The molecule has 0 aliphatic carbocycles. The summed E-state index contributed by atoms with van der Waals surface area (Å²) in [6, 6.07) is 0. The number of ether oxygens (including phenoxy) is 1. The van der Waals surface area contributed by atoms with Crippen molar-refractivity contribution >= 4 is 29.9 Å². The summed E-state index contributed by atoms with van der Waals surface area (Å²) in [5.74, 6) is 0.931. The van der Waals surface area contributed by atoms with Gasteiger partial charge in [-0.25, -0.2) is 0 Å². The van der Waals surface area contributed by atoms with Crippen LogP contribution in [0.3, 0.4) is 0 Å². The molecule has 2 rings (SSSR count). The Morgan fingerprint density at radius 2 is 1.78 bits per heavy atom. The molecule has 23 heavy (non-hydrogen) atoms. The Bertz CT molecular complexity index is 369. The molecule has 0 bridgehead atoms. The Morgan fingerprint density at radius 1 is 1.17 bits per heavy atom. The number of nitrogens with zero attached hydrogens (tertiary/aromatic N) is 2. The van der Waals surface area contributed by atoms with Crippen LogP contribution >= 0.6 is 24.0 Å². The van der Waals surface area contributed by atoms with E-state index in [0.29, 0.717) is 0 Å². The Labute approximate surface area is 159 Å². The van der Waals surface area contributed by atoms with Crippen LogP contribution < -0.4 is 10.6 Å². The number of halogens is 1. The summed E-state index contributed by atoms with van der Waals surface area (Å²) in [4.78, 5) is 7.60. The molecule has 0 spiro atoms. The molecule has 2 aliphatic rings. The van der Waals surface area contributed by atoms with E-state index in [2.05, 4.69) is 43.2 Å². The van der Waals surface area contributed by atoms with Crippen molar-refractivity contribution in [1.29, 1.82) is 0 Å². The number of guanidine groups is 1. The number of hydrogen-bond acceptors (Lipinski definition) is 3. The van der Waals surface area contributed by atoms with Gasteiger partial charge in [-0.05, 0) is 66.5 Å². The highest BCUT2D eigenvalue weighted by Gasteiger charge is 2.39. The van der Waals surface area contributed by atoms with E-state index in [1.54, 1.807) is 0 Å². The van der Waals surface area contributed by atoms with Gasteiger partial charge >= 0.3 is 0 Å². The van der Waals surface area contributed by atoms with Crippen molar-refractivity contribution in [3.63, 3.8) is 0 Å². The van der Waals surface area contributed by atoms with Gasteiger partial charge in [0, 0.05) is 30.8 Å². The summed E-state index contributed by atoms with van der Waals surface area (Å²) < 4.78 is 5.61. The fourth-order valence-corrected chi connectivity index (χ4v) is 3.41. The first-order valence-electron chi connectivity index (χ1n) is 8.84. The predicted octanol–water partition coefficient (Wildman–Crippen LogP) is 2.60. The minimum Gasteiger partial charge on any atom is -0.381 e. The Balaban J connectivity index is 0.00000264. The van der Waals surface area contributed by atoms with Crippen LogP contribution in [0.1, 0.15) is 53.4 Å². The van der Waals surface area contributed by atoms with Gasteiger partial charge in [-0.3, -0.25) is 9.89 Å². The van der Waals surface area contributed by atoms with Crippen molar-refractivity contribution in [3.8, 4) is 0 Å². The minimum atomic E-state index is 0. The normalized spacial score (nSPS) is 22.5. The van der Waals surface area contributed by atoms with E-state index >= 15 is 0 Å². The molecule has 0 unspecified atom stereocenters. The molecule has 0 atom stereocenters. The van der Waals surface area contributed by atoms with Crippen molar-refractivity contribution in [2.45, 2.75) is 64.5 Å². The van der Waals surface area contributed by atoms with Gasteiger partial charge in [-0.2, -0.15) is 0 Å². The molecule has 0 radical (unpaired) electrons. The molecular weight excluding hydrogens is 403 g/mol. The van der Waals surface area contributed by atoms with Crippen molar-refractivity contribution in [1.82, 2.24) is 15.5 Å². The summed E-state index contributed by atoms with van der Waals surface area (Å²) in [6.07, 6.45) is 4.86. The average Bonchev–Trinajstić information content (AvgIpc) is 2.99. The van der Waals surface area contributed by atoms with E-state index in [1.165, 1.54) is 25.9 Å². The molecular formula is C17H35IN4O. The van der Waals surface area contributed by atoms with Gasteiger partial charge in [0.05, 0.1) is 6.54 Å². The van der Waals surface area contributed by atoms with E-state index < -0.39 is 0 Å². The molecule has 2 heterocycles. The van der Waals surface area contributed by atoms with Gasteiger partial charge in [-0.1, -0.05) is 0 Å². The average molecular weight is 438 g/mol. The van der Waals surface area contributed by atoms with Crippen LogP contribution in [0.15, 0.2) is 4.99 Å². The molecule has 5 nitrogen and oxygen atoms in total. The zero-order valence-electron chi connectivity index (χ0n) is 15.3. The number of aliphatic imine (C=N–C) groups is 1. The second-order valence-electron chi connectivity index (χ2n) is 7.60. The first kappa shape index (κ1) is 21.0. The summed E-state index contributed by atoms with van der Waals surface area (Å²) in [6.45, 7) is 14.6. The molecule has 0 aromatic rings. The molecule has 6 heteroatoms. The van der Waals surface area contributed by atoms with E-state index in [9.17, 15) is 0 Å². The first-order valence-corrected chi connectivity index (χ1v) is 8.84. The van der Waals surface area contributed by atoms with Crippen LogP contribution in [0.4, 0.5) is 0 Å². The van der Waals surface area contributed by atoms with Crippen LogP contribution in [0, 0.1) is 0 Å². The minimum absolute atomic E-state index is 0. The second-order valence-corrected chi connectivity index (χ2v) is 7.60. The van der Waals surface area contributed by atoms with Gasteiger partial charge in [0.2, 0.25) is 0 Å². The van der Waals surface area contributed by atoms with E-state index in [0.717, 1.165) is 45.1 Å². The van der Waals surface area contributed by atoms with Gasteiger partial charge < -0.3 is 15.4 Å². The summed E-state index contributed by atoms with van der Waals surface area (Å²) >= 11 is 0. The Kier molecular flexibility index (Phi) is 8.58. The van der Waals surface area contributed by atoms with E-state index in [-0.39, 0.29) is 35.1 Å². The largest absolute Gasteiger partial charge is 0.381 e. The third kappa shape index (κ3) is 6.38. The number of likely N-dealkylation sites (tertiary alicyclic amines) is 1. The molecule has 136 valence electrons. The van der Waals surface area contributed by atoms with E-state index in [1.807, 2.05) is 0 Å². The van der Waals surface area contributed by atoms with Crippen molar-refractivity contribution < 1.29 is 4.74 Å². The van der Waals surface area contributed by atoms with E-state index in [4.69, 9.17) is 9.73 Å². The molecule has 2 aliphatic heterocycles. The van der Waals surface area contributed by atoms with Crippen LogP contribution in [0.25, 0.3) is 0 Å². The zero-order chi connectivity index (χ0) is 16.1. The fraction of sp³-hybridized carbons (Fsp3) is 0.941. The molecule has 2 fully saturated rings. The standard InChI is InChI=1S/C17H34N4O.HI/c1-5-18-15(20-16(2,3)4)19-14-17(8-12-22-13-9-17)21-10-6-7-11-21;/h5-14H2,1-4H3,(H2,18,19,20);1H. The lowest BCUT2D eigenvalue weighted by atomic mass is 9.88. The fourth-order valence-electron chi connectivity index (χ4n) is 3.41. The number of hydrogen-bond donors (Lipinski definition) is 2. The second kappa shape index (κ2) is 9.42. The molecule has 2 N–H and O–H groups in total. The lowest BCUT2D eigenvalue weighted by molar-refractivity contribution is -0.0139. The van der Waals surface area contributed by atoms with Crippen LogP contribution in [-0.2, 0) is 4.74 Å². The highest BCUT2D eigenvalue weighted by atomic mass is 127. The maximum atomic E-state index is 5.61. The van der Waals surface area contributed by atoms with Crippen molar-refractivity contribution in [2.24, 2.45) is 4.99 Å². The zero-order valence-corrected chi connectivity index (χ0v) is 17.6. The van der Waals surface area contributed by atoms with Gasteiger partial charge in [0.15, 0.2) is 5.96 Å². The maximum absolute atomic E-state index is 5.61. The molecule has 0 aromatic heterocycles. The maximum Gasteiger partial charge on any atom is 0.191 e. The highest BCUT2D eigenvalue weighted by molar-refractivity contribution is 14.0. The van der Waals surface area contributed by atoms with Crippen LogP contribution in [-0.4, -0.2) is 61.3 Å². The topological polar surface area (TPSA) is 48.9 Å². The Hall–Kier alpha value is -0.0800. The lowest BCUT2D eigenvalue weighted by Gasteiger charge is -2.43. The molecule has 0 saturated carbocycles. The summed E-state index contributed by atoms with van der Waals surface area (Å²) in [7, 11) is 0. The third-order valence-electron chi connectivity index (χ3n) is 4.57. The van der Waals surface area contributed by atoms with Crippen molar-refractivity contribution in [2.75, 3.05) is 39.4 Å². The molecule has 2 saturated heterocycles. The van der Waals surface area contributed by atoms with Gasteiger partial charge in [0.25, 0.3) is 0 Å². The summed E-state index contributed by atoms with van der Waals surface area (Å²) in [5, 5.41) is 6.87. The van der Waals surface area contributed by atoms with Gasteiger partial charge in [0.1, 0.15) is 0 Å². The Morgan fingerprint density at radius 3 is 2.30 bits per heavy atom. The highest BCUT2D eigenvalue weighted by Crippen LogP contribution is 2.31. The first-order chi connectivity index (χ1) is 10.5. The number of nitrogens with one attached hydrogen (secondary N) is 2. The monoisotopic (exact) mass is 438 g/mol. The molecule has 0 amide bonds. The SMILES string of the molecule is CCNC(=NCC1(N2CCCC2)CCOCC1)NC(C)(C)C.I. The smallest absolute Gasteiger partial charge is 0.191 e. The summed E-state index contributed by atoms with van der Waals surface area (Å²) in [5.41, 5.74) is 0.229.